The summed E-state index contributed by atoms with van der Waals surface area (Å²) in [6.45, 7) is 4.64. The molecule has 2 aliphatic carbocycles. The third-order valence-electron chi connectivity index (χ3n) is 8.76. The molecule has 5 aromatic rings. The van der Waals surface area contributed by atoms with Gasteiger partial charge >= 0.3 is 0 Å². The standard InChI is InChI=1S/C35H33N/c1-24(2)36(34-22-25-12-4-5-13-27(25)28-14-6-7-16-31(28)34)26-18-19-30-29-15-8-9-17-32(29)35(33(30)23-26)20-10-3-11-21-35/h4-9,12-19,22-24H,3,10-11,20-21H2,1-2H3. The molecule has 36 heavy (non-hydrogen) atoms. The summed E-state index contributed by atoms with van der Waals surface area (Å²) in [6, 6.07) is 36.9. The van der Waals surface area contributed by atoms with E-state index in [4.69, 9.17) is 0 Å². The normalized spacial score (nSPS) is 16.0. The molecule has 1 fully saturated rings. The lowest BCUT2D eigenvalue weighted by Crippen LogP contribution is -2.29. The van der Waals surface area contributed by atoms with E-state index in [2.05, 4.69) is 116 Å². The number of anilines is 2. The molecule has 0 amide bonds. The smallest absolute Gasteiger partial charge is 0.0499 e. The van der Waals surface area contributed by atoms with Gasteiger partial charge in [0.2, 0.25) is 0 Å². The average molecular weight is 468 g/mol. The van der Waals surface area contributed by atoms with Crippen LogP contribution in [-0.4, -0.2) is 6.04 Å². The Morgan fingerprint density at radius 2 is 1.28 bits per heavy atom. The zero-order chi connectivity index (χ0) is 24.3. The van der Waals surface area contributed by atoms with E-state index in [1.54, 1.807) is 11.1 Å². The molecule has 1 spiro atoms. The van der Waals surface area contributed by atoms with E-state index in [9.17, 15) is 0 Å². The van der Waals surface area contributed by atoms with E-state index in [1.807, 2.05) is 0 Å². The maximum Gasteiger partial charge on any atom is 0.0499 e. The molecule has 1 nitrogen and oxygen atoms in total. The van der Waals surface area contributed by atoms with E-state index < -0.39 is 0 Å². The summed E-state index contributed by atoms with van der Waals surface area (Å²) in [5, 5.41) is 5.27. The van der Waals surface area contributed by atoms with Crippen LogP contribution in [0.3, 0.4) is 0 Å². The SMILES string of the molecule is CC(C)N(c1ccc2c(c1)C1(CCCCC1)c1ccccc1-2)c1cc2ccccc2c2ccccc12. The van der Waals surface area contributed by atoms with Gasteiger partial charge in [-0.1, -0.05) is 98.1 Å². The Morgan fingerprint density at radius 1 is 0.611 bits per heavy atom. The molecule has 0 unspecified atom stereocenters. The maximum atomic E-state index is 2.56. The van der Waals surface area contributed by atoms with Crippen LogP contribution in [0.5, 0.6) is 0 Å². The Bertz CT molecular complexity index is 1600. The van der Waals surface area contributed by atoms with Crippen molar-refractivity contribution in [3.63, 3.8) is 0 Å². The van der Waals surface area contributed by atoms with Gasteiger partial charge in [0.05, 0.1) is 0 Å². The third kappa shape index (κ3) is 3.08. The fourth-order valence-electron chi connectivity index (χ4n) is 7.24. The van der Waals surface area contributed by atoms with Gasteiger partial charge in [0.25, 0.3) is 0 Å². The van der Waals surface area contributed by atoms with Crippen molar-refractivity contribution in [1.82, 2.24) is 0 Å². The van der Waals surface area contributed by atoms with Crippen LogP contribution in [0.15, 0.2) is 97.1 Å². The Kier molecular flexibility index (Phi) is 4.96. The highest BCUT2D eigenvalue weighted by Crippen LogP contribution is 2.56. The molecule has 0 N–H and O–H groups in total. The molecule has 0 saturated heterocycles. The van der Waals surface area contributed by atoms with Crippen LogP contribution in [0.4, 0.5) is 11.4 Å². The van der Waals surface area contributed by atoms with E-state index in [0.29, 0.717) is 6.04 Å². The number of benzene rings is 5. The molecule has 1 heteroatoms. The molecule has 0 heterocycles. The predicted octanol–water partition coefficient (Wildman–Crippen LogP) is 9.77. The van der Waals surface area contributed by atoms with Gasteiger partial charge in [-0.25, -0.2) is 0 Å². The number of rotatable bonds is 3. The second-order valence-electron chi connectivity index (χ2n) is 11.0. The summed E-state index contributed by atoms with van der Waals surface area (Å²) in [4.78, 5) is 2.56. The lowest BCUT2D eigenvalue weighted by atomic mass is 9.68. The lowest BCUT2D eigenvalue weighted by Gasteiger charge is -2.37. The highest BCUT2D eigenvalue weighted by molar-refractivity contribution is 6.13. The second-order valence-corrected chi connectivity index (χ2v) is 11.0. The van der Waals surface area contributed by atoms with E-state index >= 15 is 0 Å². The first-order valence-corrected chi connectivity index (χ1v) is 13.6. The first kappa shape index (κ1) is 21.7. The van der Waals surface area contributed by atoms with Crippen molar-refractivity contribution in [3.8, 4) is 11.1 Å². The van der Waals surface area contributed by atoms with Gasteiger partial charge < -0.3 is 4.90 Å². The largest absolute Gasteiger partial charge is 0.338 e. The third-order valence-corrected chi connectivity index (χ3v) is 8.76. The molecule has 0 atom stereocenters. The van der Waals surface area contributed by atoms with Crippen LogP contribution in [0.25, 0.3) is 32.7 Å². The molecule has 0 bridgehead atoms. The minimum atomic E-state index is 0.175. The minimum absolute atomic E-state index is 0.175. The summed E-state index contributed by atoms with van der Waals surface area (Å²) in [5.74, 6) is 0. The van der Waals surface area contributed by atoms with Crippen LogP contribution in [-0.2, 0) is 5.41 Å². The molecule has 2 aliphatic rings. The summed E-state index contributed by atoms with van der Waals surface area (Å²) in [6.07, 6.45) is 6.53. The van der Waals surface area contributed by atoms with Crippen LogP contribution < -0.4 is 4.90 Å². The van der Waals surface area contributed by atoms with E-state index in [-0.39, 0.29) is 5.41 Å². The van der Waals surface area contributed by atoms with Crippen molar-refractivity contribution in [3.05, 3.63) is 108 Å². The molecule has 5 aromatic carbocycles. The molecule has 0 aromatic heterocycles. The van der Waals surface area contributed by atoms with Crippen LogP contribution in [0, 0.1) is 0 Å². The van der Waals surface area contributed by atoms with Crippen molar-refractivity contribution >= 4 is 32.9 Å². The Morgan fingerprint density at radius 3 is 2.08 bits per heavy atom. The Labute approximate surface area is 214 Å². The monoisotopic (exact) mass is 467 g/mol. The van der Waals surface area contributed by atoms with Crippen molar-refractivity contribution in [1.29, 1.82) is 0 Å². The summed E-state index contributed by atoms with van der Waals surface area (Å²) >= 11 is 0. The first-order chi connectivity index (χ1) is 17.7. The molecule has 0 radical (unpaired) electrons. The Balaban J connectivity index is 1.46. The Hall–Kier alpha value is -3.58. The minimum Gasteiger partial charge on any atom is -0.338 e. The molecule has 7 rings (SSSR count). The number of fused-ring (bicyclic) bond motifs is 8. The van der Waals surface area contributed by atoms with Gasteiger partial charge in [-0.3, -0.25) is 0 Å². The number of hydrogen-bond donors (Lipinski definition) is 0. The summed E-state index contributed by atoms with van der Waals surface area (Å²) in [7, 11) is 0. The highest BCUT2D eigenvalue weighted by atomic mass is 15.2. The van der Waals surface area contributed by atoms with Crippen molar-refractivity contribution in [2.45, 2.75) is 57.4 Å². The van der Waals surface area contributed by atoms with Crippen molar-refractivity contribution in [2.24, 2.45) is 0 Å². The summed E-state index contributed by atoms with van der Waals surface area (Å²) in [5.41, 5.74) is 8.79. The number of hydrogen-bond acceptors (Lipinski definition) is 1. The zero-order valence-corrected chi connectivity index (χ0v) is 21.3. The van der Waals surface area contributed by atoms with Crippen LogP contribution in [0.2, 0.25) is 0 Å². The number of nitrogens with zero attached hydrogens (tertiary/aromatic N) is 1. The van der Waals surface area contributed by atoms with Crippen molar-refractivity contribution in [2.75, 3.05) is 4.90 Å². The van der Waals surface area contributed by atoms with Gasteiger partial charge in [0.1, 0.15) is 0 Å². The fourth-order valence-corrected chi connectivity index (χ4v) is 7.24. The molecule has 0 aliphatic heterocycles. The van der Waals surface area contributed by atoms with Crippen LogP contribution in [0.1, 0.15) is 57.1 Å². The fraction of sp³-hybridized carbons (Fsp3) is 0.257. The van der Waals surface area contributed by atoms with Crippen molar-refractivity contribution < 1.29 is 0 Å². The van der Waals surface area contributed by atoms with Gasteiger partial charge in [-0.2, -0.15) is 0 Å². The van der Waals surface area contributed by atoms with Gasteiger partial charge in [0.15, 0.2) is 0 Å². The predicted molar refractivity (Wildman–Crippen MR) is 154 cm³/mol. The van der Waals surface area contributed by atoms with Gasteiger partial charge in [0, 0.05) is 28.2 Å². The maximum absolute atomic E-state index is 2.56. The highest BCUT2D eigenvalue weighted by Gasteiger charge is 2.43. The van der Waals surface area contributed by atoms with E-state index in [1.165, 1.54) is 76.2 Å². The molecule has 178 valence electrons. The first-order valence-electron chi connectivity index (χ1n) is 13.6. The molecule has 1 saturated carbocycles. The zero-order valence-electron chi connectivity index (χ0n) is 21.3. The molecular formula is C35H33N. The van der Waals surface area contributed by atoms with Crippen LogP contribution >= 0.6 is 0 Å². The summed E-state index contributed by atoms with van der Waals surface area (Å²) < 4.78 is 0. The second kappa shape index (κ2) is 8.23. The lowest BCUT2D eigenvalue weighted by molar-refractivity contribution is 0.353. The van der Waals surface area contributed by atoms with Gasteiger partial charge in [-0.15, -0.1) is 0 Å². The van der Waals surface area contributed by atoms with E-state index in [0.717, 1.165) is 0 Å². The van der Waals surface area contributed by atoms with Gasteiger partial charge in [-0.05, 0) is 83.3 Å². The quantitative estimate of drug-likeness (QED) is 0.239. The molecular weight excluding hydrogens is 434 g/mol. The average Bonchev–Trinajstić information content (AvgIpc) is 3.18. The topological polar surface area (TPSA) is 3.24 Å².